The number of hydrogen-bond donors (Lipinski definition) is 1. The molecule has 0 atom stereocenters. The van der Waals surface area contributed by atoms with Crippen LogP contribution in [0.25, 0.3) is 22.2 Å². The summed E-state index contributed by atoms with van der Waals surface area (Å²) >= 11 is 6.34. The zero-order valence-electron chi connectivity index (χ0n) is 12.7. The fourth-order valence-electron chi connectivity index (χ4n) is 2.36. The molecular weight excluding hydrogens is 341 g/mol. The van der Waals surface area contributed by atoms with Gasteiger partial charge in [0.15, 0.2) is 0 Å². The number of rotatable bonds is 3. The molecule has 1 N–H and O–H groups in total. The first kappa shape index (κ1) is 16.4. The van der Waals surface area contributed by atoms with Crippen LogP contribution >= 0.6 is 11.6 Å². The van der Waals surface area contributed by atoms with Crippen molar-refractivity contribution in [2.45, 2.75) is 19.9 Å². The molecule has 0 unspecified atom stereocenters. The number of pyridine rings is 1. The summed E-state index contributed by atoms with van der Waals surface area (Å²) in [5.41, 5.74) is 0.134. The summed E-state index contributed by atoms with van der Waals surface area (Å²) < 4.78 is 41.8. The van der Waals surface area contributed by atoms with E-state index in [4.69, 9.17) is 11.6 Å². The highest BCUT2D eigenvalue weighted by atomic mass is 35.5. The Labute approximate surface area is 140 Å². The van der Waals surface area contributed by atoms with Crippen LogP contribution in [-0.2, 0) is 0 Å². The van der Waals surface area contributed by atoms with E-state index >= 15 is 0 Å². The minimum atomic E-state index is -1.08. The van der Waals surface area contributed by atoms with E-state index in [1.807, 2.05) is 13.8 Å². The number of hydrogen-bond acceptors (Lipinski definition) is 4. The van der Waals surface area contributed by atoms with Crippen LogP contribution in [0.4, 0.5) is 19.0 Å². The molecule has 2 aromatic heterocycles. The zero-order chi connectivity index (χ0) is 17.4. The Morgan fingerprint density at radius 3 is 2.38 bits per heavy atom. The van der Waals surface area contributed by atoms with Crippen molar-refractivity contribution in [1.29, 1.82) is 0 Å². The summed E-state index contributed by atoms with van der Waals surface area (Å²) in [7, 11) is 0. The normalized spacial score (nSPS) is 11.3. The van der Waals surface area contributed by atoms with Crippen LogP contribution in [0.1, 0.15) is 13.8 Å². The average Bonchev–Trinajstić information content (AvgIpc) is 2.49. The largest absolute Gasteiger partial charge is 0.367 e. The second kappa shape index (κ2) is 6.24. The third-order valence-corrected chi connectivity index (χ3v) is 3.65. The second-order valence-electron chi connectivity index (χ2n) is 5.46. The zero-order valence-corrected chi connectivity index (χ0v) is 13.5. The third-order valence-electron chi connectivity index (χ3n) is 3.28. The molecule has 2 heterocycles. The minimum absolute atomic E-state index is 0.0133. The predicted molar refractivity (Wildman–Crippen MR) is 86.4 cm³/mol. The van der Waals surface area contributed by atoms with Crippen molar-refractivity contribution in [3.63, 3.8) is 0 Å². The highest BCUT2D eigenvalue weighted by Gasteiger charge is 2.23. The maximum atomic E-state index is 14.3. The van der Waals surface area contributed by atoms with Gasteiger partial charge in [0.2, 0.25) is 0 Å². The Morgan fingerprint density at radius 2 is 1.75 bits per heavy atom. The predicted octanol–water partition coefficient (Wildman–Crippen LogP) is 4.58. The third kappa shape index (κ3) is 2.87. The smallest absolute Gasteiger partial charge is 0.137 e. The van der Waals surface area contributed by atoms with Crippen molar-refractivity contribution in [1.82, 2.24) is 15.2 Å². The summed E-state index contributed by atoms with van der Waals surface area (Å²) in [6, 6.07) is 2.69. The van der Waals surface area contributed by atoms with Crippen molar-refractivity contribution >= 4 is 28.5 Å². The Morgan fingerprint density at radius 1 is 1.08 bits per heavy atom. The lowest BCUT2D eigenvalue weighted by Crippen LogP contribution is -2.13. The summed E-state index contributed by atoms with van der Waals surface area (Å²) in [6.07, 6.45) is 1.43. The van der Waals surface area contributed by atoms with E-state index in [0.29, 0.717) is 17.6 Å². The fraction of sp³-hybridized carbons (Fsp3) is 0.188. The van der Waals surface area contributed by atoms with Crippen molar-refractivity contribution in [3.05, 3.63) is 46.9 Å². The molecule has 0 radical (unpaired) electrons. The van der Waals surface area contributed by atoms with Crippen LogP contribution in [-0.4, -0.2) is 21.2 Å². The molecule has 0 saturated carbocycles. The Bertz CT molecular complexity index is 908. The van der Waals surface area contributed by atoms with Crippen LogP contribution in [0.15, 0.2) is 24.4 Å². The molecule has 0 aliphatic carbocycles. The van der Waals surface area contributed by atoms with Crippen molar-refractivity contribution in [2.24, 2.45) is 0 Å². The summed E-state index contributed by atoms with van der Waals surface area (Å²) in [5, 5.41) is 10.6. The van der Waals surface area contributed by atoms with Crippen LogP contribution in [0.2, 0.25) is 5.02 Å². The Kier molecular flexibility index (Phi) is 4.28. The van der Waals surface area contributed by atoms with Crippen LogP contribution in [0, 0.1) is 17.5 Å². The van der Waals surface area contributed by atoms with Gasteiger partial charge < -0.3 is 5.32 Å². The number of benzene rings is 1. The van der Waals surface area contributed by atoms with Gasteiger partial charge in [-0.3, -0.25) is 0 Å². The van der Waals surface area contributed by atoms with Gasteiger partial charge in [-0.25, -0.2) is 18.2 Å². The first-order chi connectivity index (χ1) is 11.4. The number of nitrogens with zero attached hydrogens (tertiary/aromatic N) is 3. The molecule has 3 aromatic rings. The Balaban J connectivity index is 2.39. The minimum Gasteiger partial charge on any atom is -0.367 e. The SMILES string of the molecule is CC(C)Nc1nc2ccnnc2c(Cl)c1-c1c(F)cc(F)cc1F. The van der Waals surface area contributed by atoms with Crippen molar-refractivity contribution in [3.8, 4) is 11.1 Å². The number of aromatic nitrogens is 3. The molecule has 4 nitrogen and oxygen atoms in total. The van der Waals surface area contributed by atoms with E-state index in [2.05, 4.69) is 20.5 Å². The Hall–Kier alpha value is -2.41. The molecule has 0 aliphatic rings. The summed E-state index contributed by atoms with van der Waals surface area (Å²) in [6.45, 7) is 3.68. The highest BCUT2D eigenvalue weighted by Crippen LogP contribution is 2.40. The van der Waals surface area contributed by atoms with Gasteiger partial charge in [-0.05, 0) is 19.9 Å². The van der Waals surface area contributed by atoms with E-state index in [1.54, 1.807) is 6.07 Å². The molecule has 8 heteroatoms. The van der Waals surface area contributed by atoms with E-state index in [0.717, 1.165) is 0 Å². The summed E-state index contributed by atoms with van der Waals surface area (Å²) in [4.78, 5) is 4.33. The number of halogens is 4. The van der Waals surface area contributed by atoms with Crippen molar-refractivity contribution in [2.75, 3.05) is 5.32 Å². The van der Waals surface area contributed by atoms with Crippen molar-refractivity contribution < 1.29 is 13.2 Å². The molecule has 124 valence electrons. The molecule has 3 rings (SSSR count). The maximum absolute atomic E-state index is 14.3. The molecule has 1 aromatic carbocycles. The lowest BCUT2D eigenvalue weighted by molar-refractivity contribution is 0.548. The van der Waals surface area contributed by atoms with E-state index < -0.39 is 23.0 Å². The van der Waals surface area contributed by atoms with E-state index in [-0.39, 0.29) is 28.0 Å². The van der Waals surface area contributed by atoms with Gasteiger partial charge in [-0.15, -0.1) is 5.10 Å². The molecule has 0 aliphatic heterocycles. The molecule has 0 spiro atoms. The van der Waals surface area contributed by atoms with Crippen LogP contribution in [0.5, 0.6) is 0 Å². The monoisotopic (exact) mass is 352 g/mol. The van der Waals surface area contributed by atoms with Crippen LogP contribution in [0.3, 0.4) is 0 Å². The standard InChI is InChI=1S/C16H12ClF3N4/c1-7(2)22-16-13(12-9(19)5-8(18)6-10(12)20)14(17)15-11(23-16)3-4-21-24-15/h3-7H,1-2H3,(H,22,23). The van der Waals surface area contributed by atoms with Gasteiger partial charge in [0.1, 0.15) is 28.8 Å². The second-order valence-corrected chi connectivity index (χ2v) is 5.84. The lowest BCUT2D eigenvalue weighted by Gasteiger charge is -2.17. The first-order valence-corrected chi connectivity index (χ1v) is 7.48. The molecule has 0 bridgehead atoms. The molecular formula is C16H12ClF3N4. The molecule has 0 saturated heterocycles. The molecule has 0 fully saturated rings. The summed E-state index contributed by atoms with van der Waals surface area (Å²) in [5.74, 6) is -2.99. The van der Waals surface area contributed by atoms with Gasteiger partial charge in [-0.1, -0.05) is 11.6 Å². The molecule has 24 heavy (non-hydrogen) atoms. The molecule has 0 amide bonds. The number of nitrogens with one attached hydrogen (secondary N) is 1. The fourth-order valence-corrected chi connectivity index (χ4v) is 2.68. The highest BCUT2D eigenvalue weighted by molar-refractivity contribution is 6.38. The number of anilines is 1. The van der Waals surface area contributed by atoms with Gasteiger partial charge in [0.25, 0.3) is 0 Å². The quantitative estimate of drug-likeness (QED) is 0.749. The van der Waals surface area contributed by atoms with Gasteiger partial charge in [0, 0.05) is 18.2 Å². The van der Waals surface area contributed by atoms with Gasteiger partial charge in [0.05, 0.1) is 27.9 Å². The lowest BCUT2D eigenvalue weighted by atomic mass is 10.0. The average molecular weight is 353 g/mol. The van der Waals surface area contributed by atoms with E-state index in [1.165, 1.54) is 6.20 Å². The van der Waals surface area contributed by atoms with E-state index in [9.17, 15) is 13.2 Å². The van der Waals surface area contributed by atoms with Gasteiger partial charge in [-0.2, -0.15) is 5.10 Å². The number of fused-ring (bicyclic) bond motifs is 1. The maximum Gasteiger partial charge on any atom is 0.137 e. The van der Waals surface area contributed by atoms with Gasteiger partial charge >= 0.3 is 0 Å². The van der Waals surface area contributed by atoms with Crippen LogP contribution < -0.4 is 5.32 Å². The topological polar surface area (TPSA) is 50.7 Å². The first-order valence-electron chi connectivity index (χ1n) is 7.11.